The molecule has 1 aromatic heterocycles. The molecular formula is C9H11CuN3S2. The molecule has 0 aliphatic carbocycles. The number of nitrogens with one attached hydrogen (secondary N) is 1. The molecule has 0 radical (unpaired) electrons. The summed E-state index contributed by atoms with van der Waals surface area (Å²) >= 11 is 6.50. The number of thioether (sulfide) groups is 1. The number of hydrazone groups is 1. The molecule has 0 aromatic carbocycles. The van der Waals surface area contributed by atoms with E-state index in [-0.39, 0.29) is 0 Å². The van der Waals surface area contributed by atoms with Gasteiger partial charge in [-0.05, 0) is 0 Å². The third-order valence-electron chi connectivity index (χ3n) is 1.50. The molecular weight excluding hydrogens is 278 g/mol. The molecule has 0 bridgehead atoms. The minimum atomic E-state index is 0.829. The number of hydrogen-bond donors (Lipinski definition) is 1. The van der Waals surface area contributed by atoms with Crippen LogP contribution in [0.25, 0.3) is 0 Å². The molecule has 0 atom stereocenters. The molecule has 0 aliphatic rings. The van der Waals surface area contributed by atoms with Crippen molar-refractivity contribution in [3.63, 3.8) is 0 Å². The first-order valence-electron chi connectivity index (χ1n) is 4.15. The van der Waals surface area contributed by atoms with Crippen LogP contribution in [0.1, 0.15) is 11.4 Å². The van der Waals surface area contributed by atoms with E-state index in [0.29, 0.717) is 0 Å². The molecule has 1 N–H and O–H groups in total. The van der Waals surface area contributed by atoms with Crippen molar-refractivity contribution >= 4 is 31.6 Å². The average molecular weight is 289 g/mol. The fraction of sp³-hybridized carbons (Fsp3) is 0.222. The summed E-state index contributed by atoms with van der Waals surface area (Å²) in [6.45, 7) is 1.95. The van der Waals surface area contributed by atoms with Gasteiger partial charge in [-0.1, -0.05) is 0 Å². The molecule has 85 valence electrons. The zero-order valence-electron chi connectivity index (χ0n) is 8.32. The van der Waals surface area contributed by atoms with Crippen LogP contribution in [0.3, 0.4) is 0 Å². The number of pyridine rings is 1. The van der Waals surface area contributed by atoms with E-state index < -0.39 is 0 Å². The zero-order valence-corrected chi connectivity index (χ0v) is 10.9. The predicted octanol–water partition coefficient (Wildman–Crippen LogP) is 1.96. The van der Waals surface area contributed by atoms with Crippen molar-refractivity contribution in [2.24, 2.45) is 5.10 Å². The molecule has 3 nitrogen and oxygen atoms in total. The van der Waals surface area contributed by atoms with Crippen molar-refractivity contribution in [1.82, 2.24) is 10.4 Å². The first kappa shape index (κ1) is 12.6. The Kier molecular flexibility index (Phi) is 5.86. The minimum absolute atomic E-state index is 0.829. The van der Waals surface area contributed by atoms with Crippen LogP contribution in [0.15, 0.2) is 23.3 Å². The van der Waals surface area contributed by atoms with E-state index >= 15 is 0 Å². The van der Waals surface area contributed by atoms with Crippen LogP contribution in [0, 0.1) is 6.92 Å². The second kappa shape index (κ2) is 6.95. The van der Waals surface area contributed by atoms with Crippen LogP contribution >= 0.6 is 21.0 Å². The summed E-state index contributed by atoms with van der Waals surface area (Å²) in [5.41, 5.74) is 4.66. The number of aryl methyl sites for hydroxylation is 1. The predicted molar refractivity (Wildman–Crippen MR) is 65.8 cm³/mol. The van der Waals surface area contributed by atoms with Gasteiger partial charge < -0.3 is 0 Å². The van der Waals surface area contributed by atoms with Crippen molar-refractivity contribution in [2.75, 3.05) is 6.26 Å². The van der Waals surface area contributed by atoms with Crippen molar-refractivity contribution in [2.45, 2.75) is 6.92 Å². The Balaban J connectivity index is 2.62. The van der Waals surface area contributed by atoms with Crippen LogP contribution in [0.4, 0.5) is 0 Å². The quantitative estimate of drug-likeness (QED) is 0.391. The van der Waals surface area contributed by atoms with Gasteiger partial charge in [0.25, 0.3) is 0 Å². The molecule has 0 saturated heterocycles. The molecule has 1 rings (SSSR count). The normalized spacial score (nSPS) is 10.4. The Labute approximate surface area is 104 Å². The van der Waals surface area contributed by atoms with E-state index in [1.54, 1.807) is 6.21 Å². The monoisotopic (exact) mass is 288 g/mol. The van der Waals surface area contributed by atoms with Crippen LogP contribution in [-0.2, 0) is 14.4 Å². The summed E-state index contributed by atoms with van der Waals surface area (Å²) < 4.78 is 0.874. The van der Waals surface area contributed by atoms with Gasteiger partial charge in [-0.25, -0.2) is 0 Å². The molecule has 15 heavy (non-hydrogen) atoms. The summed E-state index contributed by atoms with van der Waals surface area (Å²) in [7, 11) is 1.21. The first-order valence-corrected chi connectivity index (χ1v) is 7.18. The van der Waals surface area contributed by atoms with E-state index in [0.717, 1.165) is 15.7 Å². The van der Waals surface area contributed by atoms with E-state index in [1.807, 2.05) is 31.4 Å². The summed E-state index contributed by atoms with van der Waals surface area (Å²) in [5, 5.41) is 4.04. The van der Waals surface area contributed by atoms with Gasteiger partial charge in [-0.15, -0.1) is 0 Å². The van der Waals surface area contributed by atoms with Gasteiger partial charge in [0.2, 0.25) is 0 Å². The molecule has 0 unspecified atom stereocenters. The Hall–Kier alpha value is -0.421. The Morgan fingerprint density at radius 3 is 3.00 bits per heavy atom. The second-order valence-corrected chi connectivity index (χ2v) is 4.81. The first-order chi connectivity index (χ1) is 7.26. The van der Waals surface area contributed by atoms with Gasteiger partial charge in [0.05, 0.1) is 0 Å². The third kappa shape index (κ3) is 4.75. The van der Waals surface area contributed by atoms with Crippen molar-refractivity contribution < 1.29 is 14.4 Å². The van der Waals surface area contributed by atoms with Crippen molar-refractivity contribution in [3.8, 4) is 0 Å². The van der Waals surface area contributed by atoms with E-state index in [4.69, 9.17) is 14.4 Å². The Morgan fingerprint density at radius 1 is 1.60 bits per heavy atom. The van der Waals surface area contributed by atoms with Crippen molar-refractivity contribution in [3.05, 3.63) is 29.6 Å². The van der Waals surface area contributed by atoms with Crippen LogP contribution in [-0.4, -0.2) is 21.8 Å². The molecule has 0 aliphatic heterocycles. The van der Waals surface area contributed by atoms with Gasteiger partial charge in [0.1, 0.15) is 0 Å². The van der Waals surface area contributed by atoms with Crippen LogP contribution in [0.2, 0.25) is 0 Å². The van der Waals surface area contributed by atoms with Crippen LogP contribution in [0.5, 0.6) is 0 Å². The van der Waals surface area contributed by atoms with E-state index in [1.165, 1.54) is 21.0 Å². The van der Waals surface area contributed by atoms with Gasteiger partial charge in [-0.2, -0.15) is 0 Å². The van der Waals surface area contributed by atoms with Gasteiger partial charge in [-0.3, -0.25) is 0 Å². The standard InChI is InChI=1S/C9H11N3S2.Cu/c1-7-4-3-5-8(11-7)6-10-12-9(13)14-2;/h3-6H,1-2H3,(H,12,13);/b10-6-;. The molecule has 1 aromatic rings. The molecule has 0 fully saturated rings. The number of aromatic nitrogens is 1. The molecule has 0 amide bonds. The Bertz CT molecular complexity index is 414. The third-order valence-corrected chi connectivity index (χ3v) is 3.81. The maximum absolute atomic E-state index is 4.97. The number of nitrogens with zero attached hydrogens (tertiary/aromatic N) is 2. The number of hydrogen-bond acceptors (Lipinski definition) is 3. The maximum atomic E-state index is 4.97. The number of rotatable bonds is 2. The summed E-state index contributed by atoms with van der Waals surface area (Å²) in [6, 6.07) is 5.79. The van der Waals surface area contributed by atoms with Gasteiger partial charge in [0, 0.05) is 0 Å². The van der Waals surface area contributed by atoms with E-state index in [2.05, 4.69) is 15.5 Å². The fourth-order valence-corrected chi connectivity index (χ4v) is 2.13. The summed E-state index contributed by atoms with van der Waals surface area (Å²) in [5.74, 6) is 0. The fourth-order valence-electron chi connectivity index (χ4n) is 0.872. The Morgan fingerprint density at radius 2 is 2.40 bits per heavy atom. The summed E-state index contributed by atoms with van der Waals surface area (Å²) in [4.78, 5) is 4.28. The molecule has 6 heteroatoms. The molecule has 0 spiro atoms. The second-order valence-electron chi connectivity index (χ2n) is 2.63. The van der Waals surface area contributed by atoms with Crippen LogP contribution < -0.4 is 5.43 Å². The average Bonchev–Trinajstić information content (AvgIpc) is 2.25. The molecule has 0 saturated carbocycles. The summed E-state index contributed by atoms with van der Waals surface area (Å²) in [6.07, 6.45) is 3.62. The van der Waals surface area contributed by atoms with Gasteiger partial charge >= 0.3 is 104 Å². The topological polar surface area (TPSA) is 37.3 Å². The van der Waals surface area contributed by atoms with Crippen molar-refractivity contribution in [1.29, 1.82) is 0 Å². The van der Waals surface area contributed by atoms with E-state index in [9.17, 15) is 0 Å². The SMILES string of the molecule is CSC(N/N=C\c1cccc(C)n1)=[S]=[Cu]. The van der Waals surface area contributed by atoms with Gasteiger partial charge in [0.15, 0.2) is 0 Å². The molecule has 1 heterocycles. The zero-order chi connectivity index (χ0) is 11.1.